The number of hydrogen-bond acceptors (Lipinski definition) is 3. The van der Waals surface area contributed by atoms with Gasteiger partial charge in [-0.2, -0.15) is 0 Å². The molecule has 0 amide bonds. The van der Waals surface area contributed by atoms with Crippen LogP contribution in [-0.4, -0.2) is 20.8 Å². The van der Waals surface area contributed by atoms with E-state index in [2.05, 4.69) is 0 Å². The maximum absolute atomic E-state index is 10.7. The lowest BCUT2D eigenvalue weighted by molar-refractivity contribution is 0.318. The molecule has 0 aliphatic carbocycles. The predicted octanol–water partition coefficient (Wildman–Crippen LogP) is 2.70. The summed E-state index contributed by atoms with van der Waals surface area (Å²) >= 11 is 17.5. The number of benzene rings is 1. The van der Waals surface area contributed by atoms with Crippen molar-refractivity contribution in [3.63, 3.8) is 0 Å². The van der Waals surface area contributed by atoms with Crippen LogP contribution in [0, 0.1) is 0 Å². The molecular formula is C9H10Cl3NO3S. The first-order valence-electron chi connectivity index (χ1n) is 4.57. The molecule has 4 nitrogen and oxygen atoms in total. The summed E-state index contributed by atoms with van der Waals surface area (Å²) in [6.45, 7) is 0.150. The highest BCUT2D eigenvalue weighted by Crippen LogP contribution is 2.35. The molecule has 0 fully saturated rings. The van der Waals surface area contributed by atoms with Crippen LogP contribution in [0.3, 0.4) is 0 Å². The van der Waals surface area contributed by atoms with Gasteiger partial charge in [-0.05, 0) is 18.6 Å². The zero-order valence-electron chi connectivity index (χ0n) is 8.62. The fourth-order valence-corrected chi connectivity index (χ4v) is 2.55. The van der Waals surface area contributed by atoms with E-state index >= 15 is 0 Å². The monoisotopic (exact) mass is 317 g/mol. The van der Waals surface area contributed by atoms with Crippen LogP contribution in [0.1, 0.15) is 6.42 Å². The molecule has 0 spiro atoms. The van der Waals surface area contributed by atoms with E-state index in [9.17, 15) is 8.42 Å². The van der Waals surface area contributed by atoms with Gasteiger partial charge in [0.2, 0.25) is 10.0 Å². The van der Waals surface area contributed by atoms with E-state index in [4.69, 9.17) is 44.7 Å². The van der Waals surface area contributed by atoms with Crippen LogP contribution < -0.4 is 9.88 Å². The van der Waals surface area contributed by atoms with Gasteiger partial charge in [0.05, 0.1) is 22.4 Å². The molecule has 8 heteroatoms. The average molecular weight is 319 g/mol. The summed E-state index contributed by atoms with van der Waals surface area (Å²) in [5.41, 5.74) is 0. The molecule has 0 aliphatic heterocycles. The second-order valence-electron chi connectivity index (χ2n) is 3.27. The zero-order valence-corrected chi connectivity index (χ0v) is 11.7. The molecular weight excluding hydrogens is 309 g/mol. The Hall–Kier alpha value is -0.200. The van der Waals surface area contributed by atoms with Crippen molar-refractivity contribution in [2.75, 3.05) is 12.4 Å². The largest absolute Gasteiger partial charge is 0.490 e. The minimum Gasteiger partial charge on any atom is -0.490 e. The summed E-state index contributed by atoms with van der Waals surface area (Å²) in [7, 11) is -3.47. The first kappa shape index (κ1) is 14.9. The quantitative estimate of drug-likeness (QED) is 0.849. The minimum atomic E-state index is -3.47. The van der Waals surface area contributed by atoms with Crippen LogP contribution in [-0.2, 0) is 10.0 Å². The van der Waals surface area contributed by atoms with Gasteiger partial charge in [-0.3, -0.25) is 0 Å². The van der Waals surface area contributed by atoms with E-state index in [1.54, 1.807) is 0 Å². The topological polar surface area (TPSA) is 69.4 Å². The van der Waals surface area contributed by atoms with Crippen LogP contribution >= 0.6 is 34.8 Å². The Morgan fingerprint density at radius 2 is 1.71 bits per heavy atom. The molecule has 0 unspecified atom stereocenters. The van der Waals surface area contributed by atoms with Crippen molar-refractivity contribution in [2.45, 2.75) is 6.42 Å². The van der Waals surface area contributed by atoms with Gasteiger partial charge in [-0.25, -0.2) is 13.6 Å². The first-order chi connectivity index (χ1) is 7.79. The molecule has 0 atom stereocenters. The van der Waals surface area contributed by atoms with E-state index in [1.807, 2.05) is 0 Å². The molecule has 0 radical (unpaired) electrons. The van der Waals surface area contributed by atoms with Crippen LogP contribution in [0.25, 0.3) is 0 Å². The molecule has 1 rings (SSSR count). The van der Waals surface area contributed by atoms with Gasteiger partial charge in [0.15, 0.2) is 5.75 Å². The highest BCUT2D eigenvalue weighted by molar-refractivity contribution is 7.89. The molecule has 0 aromatic heterocycles. The summed E-state index contributed by atoms with van der Waals surface area (Å²) in [5, 5.41) is 5.79. The van der Waals surface area contributed by atoms with Gasteiger partial charge in [-0.1, -0.05) is 34.8 Å². The molecule has 96 valence electrons. The molecule has 0 aliphatic rings. The molecule has 0 heterocycles. The zero-order chi connectivity index (χ0) is 13.1. The first-order valence-corrected chi connectivity index (χ1v) is 7.42. The minimum absolute atomic E-state index is 0.150. The molecule has 1 aromatic carbocycles. The Morgan fingerprint density at radius 3 is 2.18 bits per heavy atom. The third-order valence-corrected chi connectivity index (χ3v) is 3.42. The van der Waals surface area contributed by atoms with Crippen molar-refractivity contribution in [3.8, 4) is 5.75 Å². The normalized spacial score (nSPS) is 11.5. The van der Waals surface area contributed by atoms with E-state index in [0.717, 1.165) is 0 Å². The highest BCUT2D eigenvalue weighted by Gasteiger charge is 2.09. The van der Waals surface area contributed by atoms with Crippen LogP contribution in [0.4, 0.5) is 0 Å². The van der Waals surface area contributed by atoms with Gasteiger partial charge in [0, 0.05) is 5.02 Å². The summed E-state index contributed by atoms with van der Waals surface area (Å²) in [5.74, 6) is 0.127. The molecule has 0 saturated carbocycles. The summed E-state index contributed by atoms with van der Waals surface area (Å²) in [6.07, 6.45) is 0.258. The smallest absolute Gasteiger partial charge is 0.209 e. The Balaban J connectivity index is 2.58. The number of hydrogen-bond donors (Lipinski definition) is 1. The van der Waals surface area contributed by atoms with E-state index < -0.39 is 10.0 Å². The Labute approximate surface area is 115 Å². The predicted molar refractivity (Wildman–Crippen MR) is 69.6 cm³/mol. The maximum atomic E-state index is 10.7. The SMILES string of the molecule is NS(=O)(=O)CCCOc1c(Cl)cc(Cl)cc1Cl. The van der Waals surface area contributed by atoms with E-state index in [1.165, 1.54) is 12.1 Å². The lowest BCUT2D eigenvalue weighted by Crippen LogP contribution is -2.18. The van der Waals surface area contributed by atoms with Crippen LogP contribution in [0.5, 0.6) is 5.75 Å². The van der Waals surface area contributed by atoms with Crippen molar-refractivity contribution in [2.24, 2.45) is 5.14 Å². The molecule has 1 aromatic rings. The van der Waals surface area contributed by atoms with Crippen molar-refractivity contribution in [3.05, 3.63) is 27.2 Å². The van der Waals surface area contributed by atoms with Gasteiger partial charge in [0.1, 0.15) is 0 Å². The van der Waals surface area contributed by atoms with Crippen LogP contribution in [0.2, 0.25) is 15.1 Å². The second-order valence-corrected chi connectivity index (χ2v) is 6.25. The molecule has 17 heavy (non-hydrogen) atoms. The van der Waals surface area contributed by atoms with Gasteiger partial charge < -0.3 is 4.74 Å². The number of sulfonamides is 1. The molecule has 2 N–H and O–H groups in total. The van der Waals surface area contributed by atoms with Crippen molar-refractivity contribution >= 4 is 44.8 Å². The number of ether oxygens (including phenoxy) is 1. The molecule has 0 saturated heterocycles. The number of halogens is 3. The van der Waals surface area contributed by atoms with Gasteiger partial charge >= 0.3 is 0 Å². The van der Waals surface area contributed by atoms with Gasteiger partial charge in [-0.15, -0.1) is 0 Å². The Kier molecular flexibility index (Phi) is 5.34. The van der Waals surface area contributed by atoms with Gasteiger partial charge in [0.25, 0.3) is 0 Å². The molecule has 0 bridgehead atoms. The summed E-state index contributed by atoms with van der Waals surface area (Å²) in [4.78, 5) is 0. The third kappa shape index (κ3) is 5.31. The number of primary sulfonamides is 1. The third-order valence-electron chi connectivity index (χ3n) is 1.78. The maximum Gasteiger partial charge on any atom is 0.209 e. The average Bonchev–Trinajstić information content (AvgIpc) is 2.13. The summed E-state index contributed by atoms with van der Waals surface area (Å²) < 4.78 is 26.6. The Bertz CT molecular complexity index is 481. The lowest BCUT2D eigenvalue weighted by atomic mass is 10.3. The standard InChI is InChI=1S/C9H10Cl3NO3S/c10-6-4-7(11)9(8(12)5-6)16-2-1-3-17(13,14)15/h4-5H,1-3H2,(H2,13,14,15). The summed E-state index contributed by atoms with van der Waals surface area (Å²) in [6, 6.07) is 2.98. The Morgan fingerprint density at radius 1 is 1.18 bits per heavy atom. The van der Waals surface area contributed by atoms with E-state index in [0.29, 0.717) is 5.02 Å². The fraction of sp³-hybridized carbons (Fsp3) is 0.333. The number of nitrogens with two attached hydrogens (primary N) is 1. The van der Waals surface area contributed by atoms with Crippen molar-refractivity contribution in [1.29, 1.82) is 0 Å². The van der Waals surface area contributed by atoms with Crippen LogP contribution in [0.15, 0.2) is 12.1 Å². The van der Waals surface area contributed by atoms with Crippen molar-refractivity contribution in [1.82, 2.24) is 0 Å². The lowest BCUT2D eigenvalue weighted by Gasteiger charge is -2.09. The fourth-order valence-electron chi connectivity index (χ4n) is 1.10. The second kappa shape index (κ2) is 6.11. The number of rotatable bonds is 5. The van der Waals surface area contributed by atoms with E-state index in [-0.39, 0.29) is 34.6 Å². The van der Waals surface area contributed by atoms with Crippen molar-refractivity contribution < 1.29 is 13.2 Å². The highest BCUT2D eigenvalue weighted by atomic mass is 35.5.